The average molecular weight is 303 g/mol. The number of amides is 1. The second-order valence-electron chi connectivity index (χ2n) is 6.66. The van der Waals surface area contributed by atoms with Crippen LogP contribution in [-0.2, 0) is 24.2 Å². The minimum atomic E-state index is -0.178. The van der Waals surface area contributed by atoms with E-state index in [1.807, 2.05) is 13.8 Å². The number of nitrogens with zero attached hydrogens (tertiary/aromatic N) is 1. The molecule has 1 heterocycles. The Morgan fingerprint density at radius 1 is 1.23 bits per heavy atom. The minimum absolute atomic E-state index is 0.128. The van der Waals surface area contributed by atoms with Crippen molar-refractivity contribution in [2.24, 2.45) is 17.8 Å². The lowest BCUT2D eigenvalue weighted by Crippen LogP contribution is -2.35. The van der Waals surface area contributed by atoms with E-state index in [2.05, 4.69) is 15.5 Å². The lowest BCUT2D eigenvalue weighted by molar-refractivity contribution is -0.126. The molecule has 2 fully saturated rings. The summed E-state index contributed by atoms with van der Waals surface area (Å²) in [6.45, 7) is 4.37. The molecule has 2 aliphatic rings. The molecule has 0 aromatic carbocycles. The van der Waals surface area contributed by atoms with Gasteiger partial charge in [-0.2, -0.15) is 5.10 Å². The highest BCUT2D eigenvalue weighted by molar-refractivity contribution is 5.79. The van der Waals surface area contributed by atoms with Gasteiger partial charge in [-0.25, -0.2) is 5.10 Å². The van der Waals surface area contributed by atoms with E-state index in [4.69, 9.17) is 0 Å². The summed E-state index contributed by atoms with van der Waals surface area (Å²) < 4.78 is 0. The number of carbonyl (C=O) groups excluding carboxylic acids is 1. The second-order valence-corrected chi connectivity index (χ2v) is 6.66. The molecule has 3 atom stereocenters. The molecule has 1 amide bonds. The zero-order valence-electron chi connectivity index (χ0n) is 13.4. The first-order valence-corrected chi connectivity index (χ1v) is 8.51. The van der Waals surface area contributed by atoms with Crippen LogP contribution in [0.3, 0.4) is 0 Å². The van der Waals surface area contributed by atoms with Crippen LogP contribution in [-0.4, -0.2) is 16.1 Å². The van der Waals surface area contributed by atoms with E-state index >= 15 is 0 Å². The maximum Gasteiger partial charge on any atom is 0.269 e. The van der Waals surface area contributed by atoms with Gasteiger partial charge in [0.15, 0.2) is 0 Å². The van der Waals surface area contributed by atoms with Gasteiger partial charge in [0.25, 0.3) is 5.56 Å². The number of rotatable bonds is 5. The molecule has 2 N–H and O–H groups in total. The first kappa shape index (κ1) is 15.3. The number of fused-ring (bicyclic) bond motifs is 2. The molecule has 22 heavy (non-hydrogen) atoms. The summed E-state index contributed by atoms with van der Waals surface area (Å²) in [6, 6.07) is 0. The van der Waals surface area contributed by atoms with Crippen molar-refractivity contribution in [3.05, 3.63) is 27.2 Å². The van der Waals surface area contributed by atoms with Gasteiger partial charge >= 0.3 is 0 Å². The Labute approximate surface area is 130 Å². The molecule has 2 saturated carbocycles. The third-order valence-corrected chi connectivity index (χ3v) is 5.48. The Morgan fingerprint density at radius 2 is 2.05 bits per heavy atom. The van der Waals surface area contributed by atoms with Gasteiger partial charge in [0.1, 0.15) is 0 Å². The topological polar surface area (TPSA) is 74.8 Å². The summed E-state index contributed by atoms with van der Waals surface area (Å²) >= 11 is 0. The third-order valence-electron chi connectivity index (χ3n) is 5.48. The van der Waals surface area contributed by atoms with Crippen LogP contribution in [0, 0.1) is 17.8 Å². The van der Waals surface area contributed by atoms with Gasteiger partial charge in [0, 0.05) is 18.0 Å². The molecule has 5 heteroatoms. The standard InChI is InChI=1S/C17H25N3O2/c1-3-12-14(17(22)20-19-15(12)4-2)9-18-16(21)13-8-10-5-6-11(13)7-10/h10-11,13H,3-9H2,1-2H3,(H,18,21)(H,20,22)/t10-,11-,13-/m0/s1. The fourth-order valence-corrected chi connectivity index (χ4v) is 4.33. The summed E-state index contributed by atoms with van der Waals surface area (Å²) in [6.07, 6.45) is 6.28. The number of carbonyl (C=O) groups is 1. The smallest absolute Gasteiger partial charge is 0.269 e. The van der Waals surface area contributed by atoms with Gasteiger partial charge in [-0.05, 0) is 49.5 Å². The molecule has 2 bridgehead atoms. The van der Waals surface area contributed by atoms with Crippen molar-refractivity contribution in [3.63, 3.8) is 0 Å². The van der Waals surface area contributed by atoms with Gasteiger partial charge in [0.05, 0.1) is 5.69 Å². The lowest BCUT2D eigenvalue weighted by Gasteiger charge is -2.21. The van der Waals surface area contributed by atoms with Crippen LogP contribution in [0.15, 0.2) is 4.79 Å². The quantitative estimate of drug-likeness (QED) is 0.873. The molecule has 0 spiro atoms. The van der Waals surface area contributed by atoms with Gasteiger partial charge in [-0.1, -0.05) is 20.3 Å². The third kappa shape index (κ3) is 2.69. The number of aryl methyl sites for hydroxylation is 1. The Morgan fingerprint density at radius 3 is 2.64 bits per heavy atom. The number of aromatic amines is 1. The van der Waals surface area contributed by atoms with E-state index in [9.17, 15) is 9.59 Å². The van der Waals surface area contributed by atoms with Crippen LogP contribution < -0.4 is 10.9 Å². The van der Waals surface area contributed by atoms with Crippen molar-refractivity contribution in [1.29, 1.82) is 0 Å². The molecular formula is C17H25N3O2. The molecular weight excluding hydrogens is 278 g/mol. The molecule has 0 saturated heterocycles. The minimum Gasteiger partial charge on any atom is -0.352 e. The van der Waals surface area contributed by atoms with E-state index in [1.54, 1.807) is 0 Å². The summed E-state index contributed by atoms with van der Waals surface area (Å²) in [4.78, 5) is 24.5. The molecule has 0 aliphatic heterocycles. The zero-order chi connectivity index (χ0) is 15.7. The molecule has 120 valence electrons. The van der Waals surface area contributed by atoms with E-state index in [-0.39, 0.29) is 17.4 Å². The molecule has 0 unspecified atom stereocenters. The second kappa shape index (κ2) is 6.23. The van der Waals surface area contributed by atoms with E-state index in [1.165, 1.54) is 19.3 Å². The van der Waals surface area contributed by atoms with Crippen LogP contribution in [0.25, 0.3) is 0 Å². The maximum absolute atomic E-state index is 12.4. The SMILES string of the molecule is CCc1n[nH]c(=O)c(CNC(=O)[C@H]2C[C@H]3CC[C@H]2C3)c1CC. The highest BCUT2D eigenvalue weighted by atomic mass is 16.2. The summed E-state index contributed by atoms with van der Waals surface area (Å²) in [5, 5.41) is 9.68. The first-order valence-electron chi connectivity index (χ1n) is 8.51. The Hall–Kier alpha value is -1.65. The normalized spacial score (nSPS) is 26.4. The predicted octanol–water partition coefficient (Wildman–Crippen LogP) is 1.95. The van der Waals surface area contributed by atoms with Crippen LogP contribution in [0.1, 0.15) is 56.4 Å². The summed E-state index contributed by atoms with van der Waals surface area (Å²) in [7, 11) is 0. The Balaban J connectivity index is 1.71. The largest absolute Gasteiger partial charge is 0.352 e. The Bertz CT molecular complexity index is 623. The van der Waals surface area contributed by atoms with Crippen molar-refractivity contribution in [2.45, 2.75) is 58.9 Å². The fraction of sp³-hybridized carbons (Fsp3) is 0.706. The number of aromatic nitrogens is 2. The summed E-state index contributed by atoms with van der Waals surface area (Å²) in [5.74, 6) is 1.61. The van der Waals surface area contributed by atoms with Gasteiger partial charge in [-0.15, -0.1) is 0 Å². The van der Waals surface area contributed by atoms with Crippen LogP contribution >= 0.6 is 0 Å². The van der Waals surface area contributed by atoms with Crippen LogP contribution in [0.2, 0.25) is 0 Å². The number of hydrogen-bond donors (Lipinski definition) is 2. The average Bonchev–Trinajstić information content (AvgIpc) is 3.16. The molecule has 0 radical (unpaired) electrons. The van der Waals surface area contributed by atoms with E-state index < -0.39 is 0 Å². The fourth-order valence-electron chi connectivity index (χ4n) is 4.33. The predicted molar refractivity (Wildman–Crippen MR) is 84.4 cm³/mol. The Kier molecular flexibility index (Phi) is 4.32. The number of H-pyrrole nitrogens is 1. The van der Waals surface area contributed by atoms with Crippen molar-refractivity contribution in [3.8, 4) is 0 Å². The van der Waals surface area contributed by atoms with E-state index in [0.717, 1.165) is 36.4 Å². The van der Waals surface area contributed by atoms with Crippen LogP contribution in [0.5, 0.6) is 0 Å². The van der Waals surface area contributed by atoms with Crippen molar-refractivity contribution in [2.75, 3.05) is 0 Å². The number of nitrogens with one attached hydrogen (secondary N) is 2. The molecule has 1 aromatic heterocycles. The molecule has 5 nitrogen and oxygen atoms in total. The van der Waals surface area contributed by atoms with E-state index in [0.29, 0.717) is 18.0 Å². The molecule has 2 aliphatic carbocycles. The number of hydrogen-bond acceptors (Lipinski definition) is 3. The van der Waals surface area contributed by atoms with Gasteiger partial charge in [-0.3, -0.25) is 9.59 Å². The van der Waals surface area contributed by atoms with Gasteiger partial charge < -0.3 is 5.32 Å². The van der Waals surface area contributed by atoms with Crippen molar-refractivity contribution in [1.82, 2.24) is 15.5 Å². The monoisotopic (exact) mass is 303 g/mol. The van der Waals surface area contributed by atoms with Crippen LogP contribution in [0.4, 0.5) is 0 Å². The van der Waals surface area contributed by atoms with Crippen molar-refractivity contribution < 1.29 is 4.79 Å². The zero-order valence-corrected chi connectivity index (χ0v) is 13.4. The molecule has 1 aromatic rings. The summed E-state index contributed by atoms with van der Waals surface area (Å²) in [5.41, 5.74) is 2.40. The highest BCUT2D eigenvalue weighted by Gasteiger charge is 2.42. The first-order chi connectivity index (χ1) is 10.6. The highest BCUT2D eigenvalue weighted by Crippen LogP contribution is 2.48. The van der Waals surface area contributed by atoms with Gasteiger partial charge in [0.2, 0.25) is 5.91 Å². The lowest BCUT2D eigenvalue weighted by atomic mass is 9.88. The van der Waals surface area contributed by atoms with Crippen molar-refractivity contribution >= 4 is 5.91 Å². The molecule has 3 rings (SSSR count). The maximum atomic E-state index is 12.4.